The van der Waals surface area contributed by atoms with E-state index in [4.69, 9.17) is 22.1 Å². The third-order valence-electron chi connectivity index (χ3n) is 2.97. The summed E-state index contributed by atoms with van der Waals surface area (Å²) in [6.45, 7) is 0. The molecule has 0 amide bonds. The van der Waals surface area contributed by atoms with Gasteiger partial charge in [0.2, 0.25) is 5.88 Å². The maximum absolute atomic E-state index is 6.24. The van der Waals surface area contributed by atoms with Gasteiger partial charge in [0.1, 0.15) is 0 Å². The molecule has 2 heterocycles. The van der Waals surface area contributed by atoms with Crippen molar-refractivity contribution in [1.29, 1.82) is 0 Å². The van der Waals surface area contributed by atoms with Gasteiger partial charge in [0.05, 0.1) is 23.4 Å². The number of methoxy groups -OCH3 is 1. The minimum Gasteiger partial charge on any atom is -0.480 e. The number of H-pyrrole nitrogens is 1. The molecule has 3 rings (SSSR count). The van der Waals surface area contributed by atoms with Crippen LogP contribution in [0.15, 0.2) is 36.5 Å². The van der Waals surface area contributed by atoms with Crippen molar-refractivity contribution in [2.45, 2.75) is 0 Å². The van der Waals surface area contributed by atoms with E-state index in [1.54, 1.807) is 19.4 Å². The highest BCUT2D eigenvalue weighted by Gasteiger charge is 2.14. The first-order valence-corrected chi connectivity index (χ1v) is 6.14. The normalized spacial score (nSPS) is 10.8. The Morgan fingerprint density at radius 3 is 2.89 bits per heavy atom. The van der Waals surface area contributed by atoms with Crippen LogP contribution in [-0.4, -0.2) is 17.1 Å². The molecule has 0 aliphatic heterocycles. The molecule has 0 saturated carbocycles. The Morgan fingerprint density at radius 2 is 2.11 bits per heavy atom. The number of aromatic nitrogens is 2. The largest absolute Gasteiger partial charge is 0.480 e. The Balaban J connectivity index is 2.24. The van der Waals surface area contributed by atoms with E-state index >= 15 is 0 Å². The first-order chi connectivity index (χ1) is 9.19. The van der Waals surface area contributed by atoms with Gasteiger partial charge in [-0.3, -0.25) is 0 Å². The molecule has 19 heavy (non-hydrogen) atoms. The van der Waals surface area contributed by atoms with Gasteiger partial charge in [0.15, 0.2) is 0 Å². The van der Waals surface area contributed by atoms with Crippen LogP contribution in [0.1, 0.15) is 0 Å². The maximum Gasteiger partial charge on any atom is 0.224 e. The second-order valence-electron chi connectivity index (χ2n) is 4.21. The topological polar surface area (TPSA) is 63.9 Å². The lowest BCUT2D eigenvalue weighted by atomic mass is 10.2. The number of anilines is 1. The monoisotopic (exact) mass is 273 g/mol. The number of nitrogens with two attached hydrogens (primary N) is 1. The molecular formula is C14H12ClN3O. The van der Waals surface area contributed by atoms with E-state index in [9.17, 15) is 0 Å². The summed E-state index contributed by atoms with van der Waals surface area (Å²) < 4.78 is 5.26. The molecule has 0 spiro atoms. The van der Waals surface area contributed by atoms with Crippen LogP contribution in [0.4, 0.5) is 5.69 Å². The Hall–Kier alpha value is -2.20. The lowest BCUT2D eigenvalue weighted by Crippen LogP contribution is -1.92. The van der Waals surface area contributed by atoms with Crippen molar-refractivity contribution in [1.82, 2.24) is 9.97 Å². The van der Waals surface area contributed by atoms with Gasteiger partial charge in [0, 0.05) is 22.8 Å². The first kappa shape index (κ1) is 11.9. The second-order valence-corrected chi connectivity index (χ2v) is 4.61. The van der Waals surface area contributed by atoms with E-state index in [-0.39, 0.29) is 0 Å². The van der Waals surface area contributed by atoms with Crippen molar-refractivity contribution in [3.63, 3.8) is 0 Å². The molecule has 0 bridgehead atoms. The number of nitrogens with one attached hydrogen (secondary N) is 1. The zero-order chi connectivity index (χ0) is 13.4. The van der Waals surface area contributed by atoms with Gasteiger partial charge in [-0.2, -0.15) is 0 Å². The highest BCUT2D eigenvalue weighted by Crippen LogP contribution is 2.35. The number of hydrogen-bond donors (Lipinski definition) is 2. The average molecular weight is 274 g/mol. The van der Waals surface area contributed by atoms with Gasteiger partial charge in [-0.15, -0.1) is 0 Å². The molecule has 2 aromatic heterocycles. The van der Waals surface area contributed by atoms with Gasteiger partial charge in [-0.1, -0.05) is 17.7 Å². The third-order valence-corrected chi connectivity index (χ3v) is 3.29. The molecule has 0 aliphatic carbocycles. The van der Waals surface area contributed by atoms with Crippen LogP contribution < -0.4 is 10.5 Å². The zero-order valence-electron chi connectivity index (χ0n) is 10.3. The molecule has 3 aromatic rings. The summed E-state index contributed by atoms with van der Waals surface area (Å²) in [7, 11) is 1.57. The van der Waals surface area contributed by atoms with Crippen molar-refractivity contribution >= 4 is 28.2 Å². The van der Waals surface area contributed by atoms with Gasteiger partial charge >= 0.3 is 0 Å². The number of pyridine rings is 1. The van der Waals surface area contributed by atoms with Crippen molar-refractivity contribution in [3.8, 4) is 17.1 Å². The quantitative estimate of drug-likeness (QED) is 0.703. The Morgan fingerprint density at radius 1 is 1.26 bits per heavy atom. The summed E-state index contributed by atoms with van der Waals surface area (Å²) in [5, 5.41) is 1.65. The van der Waals surface area contributed by atoms with Crippen molar-refractivity contribution in [2.24, 2.45) is 0 Å². The minimum absolute atomic E-state index is 0.493. The van der Waals surface area contributed by atoms with Crippen LogP contribution in [0.3, 0.4) is 0 Å². The predicted molar refractivity (Wildman–Crippen MR) is 77.5 cm³/mol. The maximum atomic E-state index is 6.24. The molecule has 4 nitrogen and oxygen atoms in total. The van der Waals surface area contributed by atoms with Gasteiger partial charge < -0.3 is 15.5 Å². The molecule has 0 radical (unpaired) electrons. The molecule has 0 atom stereocenters. The zero-order valence-corrected chi connectivity index (χ0v) is 11.0. The van der Waals surface area contributed by atoms with Crippen LogP contribution in [0.2, 0.25) is 5.02 Å². The van der Waals surface area contributed by atoms with Crippen molar-refractivity contribution < 1.29 is 4.74 Å². The number of nitrogens with zero attached hydrogens (tertiary/aromatic N) is 1. The molecular weight excluding hydrogens is 262 g/mol. The van der Waals surface area contributed by atoms with Crippen LogP contribution in [-0.2, 0) is 0 Å². The third kappa shape index (κ3) is 2.00. The van der Waals surface area contributed by atoms with E-state index < -0.39 is 0 Å². The summed E-state index contributed by atoms with van der Waals surface area (Å²) in [5.74, 6) is 0.493. The van der Waals surface area contributed by atoms with Crippen LogP contribution in [0.5, 0.6) is 5.88 Å². The van der Waals surface area contributed by atoms with E-state index in [1.807, 2.05) is 24.3 Å². The average Bonchev–Trinajstić information content (AvgIpc) is 2.80. The van der Waals surface area contributed by atoms with E-state index in [0.29, 0.717) is 16.6 Å². The standard InChI is InChI=1S/C14H12ClN3O/c1-19-14-13(10(15)4-5-17-14)12-6-8-2-3-9(16)7-11(8)18-12/h2-7,18H,16H2,1H3. The van der Waals surface area contributed by atoms with Crippen LogP contribution >= 0.6 is 11.6 Å². The number of hydrogen-bond acceptors (Lipinski definition) is 3. The van der Waals surface area contributed by atoms with E-state index in [2.05, 4.69) is 9.97 Å². The SMILES string of the molecule is COc1nccc(Cl)c1-c1cc2ccc(N)cc2[nH]1. The van der Waals surface area contributed by atoms with Gasteiger partial charge in [0.25, 0.3) is 0 Å². The van der Waals surface area contributed by atoms with Gasteiger partial charge in [-0.05, 0) is 24.3 Å². The lowest BCUT2D eigenvalue weighted by Gasteiger charge is -2.06. The number of halogens is 1. The highest BCUT2D eigenvalue weighted by atomic mass is 35.5. The fraction of sp³-hybridized carbons (Fsp3) is 0.0714. The summed E-state index contributed by atoms with van der Waals surface area (Å²) in [6, 6.07) is 9.44. The Labute approximate surface area is 115 Å². The number of fused-ring (bicyclic) bond motifs is 1. The molecule has 1 aromatic carbocycles. The summed E-state index contributed by atoms with van der Waals surface area (Å²) >= 11 is 6.24. The molecule has 96 valence electrons. The molecule has 5 heteroatoms. The van der Waals surface area contributed by atoms with Crippen LogP contribution in [0.25, 0.3) is 22.2 Å². The Bertz CT molecular complexity index is 752. The van der Waals surface area contributed by atoms with Crippen molar-refractivity contribution in [2.75, 3.05) is 12.8 Å². The fourth-order valence-electron chi connectivity index (χ4n) is 2.10. The number of nitrogen functional groups attached to an aromatic ring is 1. The van der Waals surface area contributed by atoms with Crippen molar-refractivity contribution in [3.05, 3.63) is 41.6 Å². The Kier molecular flexibility index (Phi) is 2.80. The summed E-state index contributed by atoms with van der Waals surface area (Å²) in [6.07, 6.45) is 1.62. The predicted octanol–water partition coefficient (Wildman–Crippen LogP) is 3.47. The minimum atomic E-state index is 0.493. The van der Waals surface area contributed by atoms with Gasteiger partial charge in [-0.25, -0.2) is 4.98 Å². The first-order valence-electron chi connectivity index (χ1n) is 5.76. The molecule has 0 aliphatic rings. The molecule has 0 fully saturated rings. The molecule has 0 unspecified atom stereocenters. The second kappa shape index (κ2) is 4.48. The highest BCUT2D eigenvalue weighted by molar-refractivity contribution is 6.33. The summed E-state index contributed by atoms with van der Waals surface area (Å²) in [5.41, 5.74) is 9.05. The smallest absolute Gasteiger partial charge is 0.224 e. The number of benzene rings is 1. The molecule has 3 N–H and O–H groups in total. The van der Waals surface area contributed by atoms with E-state index in [0.717, 1.165) is 22.2 Å². The number of aromatic amines is 1. The number of ether oxygens (including phenoxy) is 1. The number of rotatable bonds is 2. The lowest BCUT2D eigenvalue weighted by molar-refractivity contribution is 0.399. The molecule has 0 saturated heterocycles. The van der Waals surface area contributed by atoms with E-state index in [1.165, 1.54) is 0 Å². The van der Waals surface area contributed by atoms with Crippen LogP contribution in [0, 0.1) is 0 Å². The summed E-state index contributed by atoms with van der Waals surface area (Å²) in [4.78, 5) is 7.45. The fourth-order valence-corrected chi connectivity index (χ4v) is 2.34.